The number of hydrogen-bond acceptors (Lipinski definition) is 5. The van der Waals surface area contributed by atoms with E-state index in [0.29, 0.717) is 17.1 Å². The molecule has 0 bridgehead atoms. The third-order valence-corrected chi connectivity index (χ3v) is 5.06. The second-order valence-corrected chi connectivity index (χ2v) is 6.99. The van der Waals surface area contributed by atoms with Crippen LogP contribution in [-0.4, -0.2) is 44.3 Å². The van der Waals surface area contributed by atoms with E-state index in [1.165, 1.54) is 18.6 Å². The summed E-state index contributed by atoms with van der Waals surface area (Å²) in [4.78, 5) is 25.9. The first-order valence-corrected chi connectivity index (χ1v) is 9.86. The molecule has 2 aromatic rings. The summed E-state index contributed by atoms with van der Waals surface area (Å²) in [6, 6.07) is 10.0. The minimum atomic E-state index is -1.10. The fourth-order valence-electron chi connectivity index (χ4n) is 3.54. The van der Waals surface area contributed by atoms with Crippen molar-refractivity contribution >= 4 is 29.3 Å². The van der Waals surface area contributed by atoms with Gasteiger partial charge < -0.3 is 24.8 Å². The van der Waals surface area contributed by atoms with Crippen LogP contribution in [0.25, 0.3) is 6.08 Å². The number of ether oxygens (including phenoxy) is 2. The van der Waals surface area contributed by atoms with Gasteiger partial charge in [0.15, 0.2) is 0 Å². The van der Waals surface area contributed by atoms with E-state index < -0.39 is 11.9 Å². The van der Waals surface area contributed by atoms with Gasteiger partial charge in [0, 0.05) is 30.8 Å². The number of amides is 1. The summed E-state index contributed by atoms with van der Waals surface area (Å²) >= 11 is 0. The van der Waals surface area contributed by atoms with E-state index in [-0.39, 0.29) is 11.3 Å². The van der Waals surface area contributed by atoms with Crippen LogP contribution >= 0.6 is 0 Å². The number of aromatic carboxylic acids is 1. The summed E-state index contributed by atoms with van der Waals surface area (Å²) < 4.78 is 11.1. The number of hydrogen-bond donors (Lipinski definition) is 2. The van der Waals surface area contributed by atoms with Crippen LogP contribution in [0.2, 0.25) is 0 Å². The van der Waals surface area contributed by atoms with Crippen LogP contribution in [-0.2, 0) is 4.79 Å². The van der Waals surface area contributed by atoms with Gasteiger partial charge in [0.1, 0.15) is 11.5 Å². The van der Waals surface area contributed by atoms with Crippen molar-refractivity contribution in [2.24, 2.45) is 0 Å². The minimum absolute atomic E-state index is 0.0318. The van der Waals surface area contributed by atoms with E-state index in [1.54, 1.807) is 38.5 Å². The number of anilines is 2. The van der Waals surface area contributed by atoms with Crippen molar-refractivity contribution < 1.29 is 24.2 Å². The van der Waals surface area contributed by atoms with E-state index >= 15 is 0 Å². The Labute approximate surface area is 175 Å². The molecule has 0 aromatic heterocycles. The predicted molar refractivity (Wildman–Crippen MR) is 117 cm³/mol. The lowest BCUT2D eigenvalue weighted by Crippen LogP contribution is -2.29. The molecule has 0 radical (unpaired) electrons. The number of carbonyl (C=O) groups excluding carboxylic acids is 1. The number of methoxy groups -OCH3 is 2. The number of nitrogens with one attached hydrogen (secondary N) is 1. The molecular formula is C23H26N2O5. The summed E-state index contributed by atoms with van der Waals surface area (Å²) in [6.45, 7) is 1.94. The monoisotopic (exact) mass is 410 g/mol. The SMILES string of the molecule is COc1cc(N2CCCCC2)c(OC)cc1C=CC(=O)Nc1ccccc1C(=O)O. The van der Waals surface area contributed by atoms with Gasteiger partial charge in [0.25, 0.3) is 0 Å². The maximum absolute atomic E-state index is 12.4. The Morgan fingerprint density at radius 1 is 1.03 bits per heavy atom. The third-order valence-electron chi connectivity index (χ3n) is 5.06. The van der Waals surface area contributed by atoms with Gasteiger partial charge in [0.05, 0.1) is 31.2 Å². The van der Waals surface area contributed by atoms with Gasteiger partial charge >= 0.3 is 5.97 Å². The highest BCUT2D eigenvalue weighted by molar-refractivity contribution is 6.06. The molecule has 30 heavy (non-hydrogen) atoms. The molecule has 1 saturated heterocycles. The van der Waals surface area contributed by atoms with Crippen molar-refractivity contribution in [3.05, 3.63) is 53.6 Å². The van der Waals surface area contributed by atoms with Crippen LogP contribution in [0.3, 0.4) is 0 Å². The molecule has 1 aliphatic rings. The number of benzene rings is 2. The summed E-state index contributed by atoms with van der Waals surface area (Å²) in [5, 5.41) is 11.8. The highest BCUT2D eigenvalue weighted by Crippen LogP contribution is 2.37. The van der Waals surface area contributed by atoms with E-state index in [0.717, 1.165) is 31.6 Å². The molecule has 1 aliphatic heterocycles. The molecule has 2 aromatic carbocycles. The van der Waals surface area contributed by atoms with Gasteiger partial charge in [-0.1, -0.05) is 12.1 Å². The largest absolute Gasteiger partial charge is 0.496 e. The third kappa shape index (κ3) is 4.92. The van der Waals surface area contributed by atoms with Crippen LogP contribution in [0, 0.1) is 0 Å². The highest BCUT2D eigenvalue weighted by atomic mass is 16.5. The van der Waals surface area contributed by atoms with E-state index in [2.05, 4.69) is 10.2 Å². The Bertz CT molecular complexity index is 949. The number of nitrogens with zero attached hydrogens (tertiary/aromatic N) is 1. The number of carbonyl (C=O) groups is 2. The zero-order chi connectivity index (χ0) is 21.5. The molecule has 1 fully saturated rings. The molecule has 0 atom stereocenters. The molecule has 7 nitrogen and oxygen atoms in total. The smallest absolute Gasteiger partial charge is 0.337 e. The number of carboxylic acid groups (broad SMARTS) is 1. The van der Waals surface area contributed by atoms with Crippen LogP contribution in [0.15, 0.2) is 42.5 Å². The van der Waals surface area contributed by atoms with Crippen molar-refractivity contribution in [1.29, 1.82) is 0 Å². The number of piperidine rings is 1. The van der Waals surface area contributed by atoms with Gasteiger partial charge in [-0.15, -0.1) is 0 Å². The zero-order valence-corrected chi connectivity index (χ0v) is 17.2. The van der Waals surface area contributed by atoms with Crippen LogP contribution < -0.4 is 19.7 Å². The van der Waals surface area contributed by atoms with Crippen molar-refractivity contribution in [1.82, 2.24) is 0 Å². The Balaban J connectivity index is 1.82. The van der Waals surface area contributed by atoms with Crippen molar-refractivity contribution in [3.8, 4) is 11.5 Å². The summed E-state index contributed by atoms with van der Waals surface area (Å²) in [5.41, 5.74) is 1.94. The molecular weight excluding hydrogens is 384 g/mol. The molecule has 3 rings (SSSR count). The summed E-state index contributed by atoms with van der Waals surface area (Å²) in [7, 11) is 3.21. The van der Waals surface area contributed by atoms with E-state index in [4.69, 9.17) is 9.47 Å². The molecule has 0 aliphatic carbocycles. The molecule has 158 valence electrons. The predicted octanol–water partition coefficient (Wildman–Crippen LogP) is 4.04. The summed E-state index contributed by atoms with van der Waals surface area (Å²) in [5.74, 6) is -0.195. The second kappa shape index (κ2) is 9.82. The fraction of sp³-hybridized carbons (Fsp3) is 0.304. The first-order valence-electron chi connectivity index (χ1n) is 9.86. The van der Waals surface area contributed by atoms with E-state index in [9.17, 15) is 14.7 Å². The van der Waals surface area contributed by atoms with Crippen molar-refractivity contribution in [2.75, 3.05) is 37.5 Å². The molecule has 1 heterocycles. The Kier molecular flexibility index (Phi) is 6.95. The fourth-order valence-corrected chi connectivity index (χ4v) is 3.54. The molecule has 0 saturated carbocycles. The maximum atomic E-state index is 12.4. The average molecular weight is 410 g/mol. The maximum Gasteiger partial charge on any atom is 0.337 e. The average Bonchev–Trinajstić information content (AvgIpc) is 2.77. The number of rotatable bonds is 7. The molecule has 2 N–H and O–H groups in total. The van der Waals surface area contributed by atoms with Gasteiger partial charge in [-0.25, -0.2) is 4.79 Å². The lowest BCUT2D eigenvalue weighted by molar-refractivity contribution is -0.111. The summed E-state index contributed by atoms with van der Waals surface area (Å²) in [6.07, 6.45) is 6.49. The molecule has 1 amide bonds. The van der Waals surface area contributed by atoms with Crippen LogP contribution in [0.1, 0.15) is 35.2 Å². The van der Waals surface area contributed by atoms with E-state index in [1.807, 2.05) is 12.1 Å². The number of carboxylic acids is 1. The highest BCUT2D eigenvalue weighted by Gasteiger charge is 2.18. The van der Waals surface area contributed by atoms with Crippen LogP contribution in [0.5, 0.6) is 11.5 Å². The molecule has 0 unspecified atom stereocenters. The Morgan fingerprint density at radius 2 is 1.73 bits per heavy atom. The zero-order valence-electron chi connectivity index (χ0n) is 17.2. The topological polar surface area (TPSA) is 88.1 Å². The number of para-hydroxylation sites is 1. The Hall–Kier alpha value is -3.48. The van der Waals surface area contributed by atoms with Gasteiger partial charge in [0.2, 0.25) is 5.91 Å². The Morgan fingerprint density at radius 3 is 2.40 bits per heavy atom. The van der Waals surface area contributed by atoms with Gasteiger partial charge in [-0.3, -0.25) is 4.79 Å². The van der Waals surface area contributed by atoms with Crippen molar-refractivity contribution in [3.63, 3.8) is 0 Å². The van der Waals surface area contributed by atoms with Crippen molar-refractivity contribution in [2.45, 2.75) is 19.3 Å². The van der Waals surface area contributed by atoms with Gasteiger partial charge in [-0.05, 0) is 43.5 Å². The lowest BCUT2D eigenvalue weighted by Gasteiger charge is -2.30. The van der Waals surface area contributed by atoms with Gasteiger partial charge in [-0.2, -0.15) is 0 Å². The molecule has 0 spiro atoms. The molecule has 7 heteroatoms. The quantitative estimate of drug-likeness (QED) is 0.670. The van der Waals surface area contributed by atoms with Crippen LogP contribution in [0.4, 0.5) is 11.4 Å². The second-order valence-electron chi connectivity index (χ2n) is 6.99. The first kappa shape index (κ1) is 21.2. The standard InChI is InChI=1S/C23H26N2O5/c1-29-20-15-19(25-12-6-3-7-13-25)21(30-2)14-16(20)10-11-22(26)24-18-9-5-4-8-17(18)23(27)28/h4-5,8-11,14-15H,3,6-7,12-13H2,1-2H3,(H,24,26)(H,27,28). The normalized spacial score (nSPS) is 13.9. The minimum Gasteiger partial charge on any atom is -0.496 e. The first-order chi connectivity index (χ1) is 14.5. The lowest BCUT2D eigenvalue weighted by atomic mass is 10.1.